The molecule has 4 rings (SSSR count). The Bertz CT molecular complexity index is 929. The standard InChI is InChI=1S/C21H22BrNO5/c1-23-8-7-14-17(19(26-3)21-20(18(14)22)27-11-28-21)15(23)10-16(24)12-5-4-6-13(9-12)25-2/h4-6,9,15H,7-8,10-11H2,1-3H3/t15-/m1/s1. The van der Waals surface area contributed by atoms with Crippen LogP contribution in [0.25, 0.3) is 0 Å². The van der Waals surface area contributed by atoms with Crippen molar-refractivity contribution in [3.05, 3.63) is 45.4 Å². The molecule has 1 atom stereocenters. The number of methoxy groups -OCH3 is 2. The largest absolute Gasteiger partial charge is 0.497 e. The summed E-state index contributed by atoms with van der Waals surface area (Å²) in [5.74, 6) is 2.66. The molecule has 7 heteroatoms. The summed E-state index contributed by atoms with van der Waals surface area (Å²) < 4.78 is 23.2. The molecule has 0 spiro atoms. The van der Waals surface area contributed by atoms with E-state index in [9.17, 15) is 4.79 Å². The fraction of sp³-hybridized carbons (Fsp3) is 0.381. The summed E-state index contributed by atoms with van der Waals surface area (Å²) in [6.07, 6.45) is 1.17. The lowest BCUT2D eigenvalue weighted by Gasteiger charge is -2.36. The molecule has 0 aliphatic carbocycles. The number of hydrogen-bond donors (Lipinski definition) is 0. The number of Topliss-reactive ketones (excluding diaryl/α,β-unsaturated/α-hetero) is 1. The van der Waals surface area contributed by atoms with Gasteiger partial charge in [-0.15, -0.1) is 0 Å². The number of ether oxygens (including phenoxy) is 4. The molecule has 28 heavy (non-hydrogen) atoms. The van der Waals surface area contributed by atoms with Gasteiger partial charge < -0.3 is 18.9 Å². The molecule has 0 saturated carbocycles. The Morgan fingerprint density at radius 3 is 2.79 bits per heavy atom. The third kappa shape index (κ3) is 3.12. The SMILES string of the molecule is COc1cccc(C(=O)C[C@@H]2c3c(c(Br)c4c(c3OC)OCO4)CCN2C)c1. The van der Waals surface area contributed by atoms with Crippen LogP contribution in [0.4, 0.5) is 0 Å². The van der Waals surface area contributed by atoms with Crippen LogP contribution in [-0.2, 0) is 6.42 Å². The lowest BCUT2D eigenvalue weighted by atomic mass is 9.87. The average Bonchev–Trinajstić information content (AvgIpc) is 3.20. The third-order valence-corrected chi connectivity index (χ3v) is 6.25. The summed E-state index contributed by atoms with van der Waals surface area (Å²) in [7, 11) is 5.26. The Labute approximate surface area is 172 Å². The van der Waals surface area contributed by atoms with E-state index >= 15 is 0 Å². The van der Waals surface area contributed by atoms with E-state index in [1.807, 2.05) is 25.2 Å². The van der Waals surface area contributed by atoms with Gasteiger partial charge in [0, 0.05) is 30.1 Å². The highest BCUT2D eigenvalue weighted by Gasteiger charge is 2.37. The number of likely N-dealkylation sites (N-methyl/N-ethyl adjacent to an activating group) is 1. The Morgan fingerprint density at radius 2 is 2.04 bits per heavy atom. The average molecular weight is 448 g/mol. The number of carbonyl (C=O) groups is 1. The number of nitrogens with zero attached hydrogens (tertiary/aromatic N) is 1. The highest BCUT2D eigenvalue weighted by Crippen LogP contribution is 2.54. The lowest BCUT2D eigenvalue weighted by Crippen LogP contribution is -2.34. The molecule has 0 saturated heterocycles. The first-order valence-electron chi connectivity index (χ1n) is 9.10. The Balaban J connectivity index is 1.75. The van der Waals surface area contributed by atoms with Crippen molar-refractivity contribution < 1.29 is 23.7 Å². The van der Waals surface area contributed by atoms with Crippen molar-refractivity contribution >= 4 is 21.7 Å². The molecule has 0 bridgehead atoms. The van der Waals surface area contributed by atoms with Crippen LogP contribution in [0.3, 0.4) is 0 Å². The zero-order valence-corrected chi connectivity index (χ0v) is 17.7. The highest BCUT2D eigenvalue weighted by molar-refractivity contribution is 9.10. The molecule has 0 amide bonds. The van der Waals surface area contributed by atoms with E-state index in [0.717, 1.165) is 28.6 Å². The number of rotatable bonds is 5. The van der Waals surface area contributed by atoms with Crippen molar-refractivity contribution in [2.75, 3.05) is 34.6 Å². The van der Waals surface area contributed by atoms with Gasteiger partial charge in [0.25, 0.3) is 0 Å². The molecule has 0 N–H and O–H groups in total. The molecule has 148 valence electrons. The van der Waals surface area contributed by atoms with Gasteiger partial charge >= 0.3 is 0 Å². The van der Waals surface area contributed by atoms with Crippen LogP contribution in [0, 0.1) is 0 Å². The van der Waals surface area contributed by atoms with Gasteiger partial charge in [0.15, 0.2) is 17.3 Å². The van der Waals surface area contributed by atoms with Crippen molar-refractivity contribution in [3.8, 4) is 23.0 Å². The van der Waals surface area contributed by atoms with Gasteiger partial charge in [-0.1, -0.05) is 12.1 Å². The maximum absolute atomic E-state index is 13.1. The van der Waals surface area contributed by atoms with Gasteiger partial charge in [0.2, 0.25) is 12.5 Å². The molecule has 2 aromatic carbocycles. The number of benzene rings is 2. The summed E-state index contributed by atoms with van der Waals surface area (Å²) in [5, 5.41) is 0. The van der Waals surface area contributed by atoms with Crippen LogP contribution in [0.2, 0.25) is 0 Å². The van der Waals surface area contributed by atoms with E-state index in [0.29, 0.717) is 35.0 Å². The minimum Gasteiger partial charge on any atom is -0.497 e. The minimum atomic E-state index is -0.122. The van der Waals surface area contributed by atoms with Crippen LogP contribution < -0.4 is 18.9 Å². The predicted molar refractivity (Wildman–Crippen MR) is 108 cm³/mol. The maximum atomic E-state index is 13.1. The van der Waals surface area contributed by atoms with Crippen molar-refractivity contribution in [1.82, 2.24) is 4.90 Å². The fourth-order valence-corrected chi connectivity index (χ4v) is 4.64. The van der Waals surface area contributed by atoms with E-state index < -0.39 is 0 Å². The quantitative estimate of drug-likeness (QED) is 0.645. The highest BCUT2D eigenvalue weighted by atomic mass is 79.9. The van der Waals surface area contributed by atoms with Gasteiger partial charge in [-0.25, -0.2) is 0 Å². The molecule has 0 unspecified atom stereocenters. The predicted octanol–water partition coefficient (Wildman–Crippen LogP) is 4.00. The van der Waals surface area contributed by atoms with E-state index in [4.69, 9.17) is 18.9 Å². The van der Waals surface area contributed by atoms with Crippen LogP contribution in [-0.4, -0.2) is 45.3 Å². The fourth-order valence-electron chi connectivity index (χ4n) is 3.94. The number of halogens is 1. The van der Waals surface area contributed by atoms with Crippen molar-refractivity contribution in [1.29, 1.82) is 0 Å². The second kappa shape index (κ2) is 7.64. The van der Waals surface area contributed by atoms with Crippen molar-refractivity contribution in [2.45, 2.75) is 18.9 Å². The molecular weight excluding hydrogens is 426 g/mol. The summed E-state index contributed by atoms with van der Waals surface area (Å²) in [6.45, 7) is 1.00. The van der Waals surface area contributed by atoms with E-state index in [1.54, 1.807) is 20.3 Å². The first-order chi connectivity index (χ1) is 13.5. The topological polar surface area (TPSA) is 57.2 Å². The molecule has 2 aliphatic rings. The smallest absolute Gasteiger partial charge is 0.231 e. The molecule has 2 aromatic rings. The Kier molecular flexibility index (Phi) is 5.21. The van der Waals surface area contributed by atoms with Crippen LogP contribution in [0.1, 0.15) is 33.9 Å². The van der Waals surface area contributed by atoms with Gasteiger partial charge in [-0.3, -0.25) is 9.69 Å². The summed E-state index contributed by atoms with van der Waals surface area (Å²) >= 11 is 3.68. The molecule has 0 radical (unpaired) electrons. The lowest BCUT2D eigenvalue weighted by molar-refractivity contribution is 0.0925. The Morgan fingerprint density at radius 1 is 1.25 bits per heavy atom. The first kappa shape index (κ1) is 19.1. The van der Waals surface area contributed by atoms with E-state index in [1.165, 1.54) is 0 Å². The molecule has 0 fully saturated rings. The number of hydrogen-bond acceptors (Lipinski definition) is 6. The zero-order valence-electron chi connectivity index (χ0n) is 16.1. The monoisotopic (exact) mass is 447 g/mol. The van der Waals surface area contributed by atoms with E-state index in [-0.39, 0.29) is 18.6 Å². The second-order valence-electron chi connectivity index (χ2n) is 6.91. The second-order valence-corrected chi connectivity index (χ2v) is 7.70. The summed E-state index contributed by atoms with van der Waals surface area (Å²) in [5.41, 5.74) is 2.74. The van der Waals surface area contributed by atoms with Crippen LogP contribution in [0.15, 0.2) is 28.7 Å². The molecular formula is C21H22BrNO5. The number of carbonyl (C=O) groups excluding carboxylic acids is 1. The van der Waals surface area contributed by atoms with Gasteiger partial charge in [-0.2, -0.15) is 0 Å². The van der Waals surface area contributed by atoms with Gasteiger partial charge in [0.05, 0.1) is 18.7 Å². The van der Waals surface area contributed by atoms with Crippen molar-refractivity contribution in [2.24, 2.45) is 0 Å². The minimum absolute atomic E-state index is 0.0550. The van der Waals surface area contributed by atoms with Crippen molar-refractivity contribution in [3.63, 3.8) is 0 Å². The summed E-state index contributed by atoms with van der Waals surface area (Å²) in [6, 6.07) is 7.14. The van der Waals surface area contributed by atoms with Crippen LogP contribution >= 0.6 is 15.9 Å². The zero-order chi connectivity index (χ0) is 19.8. The number of ketones is 1. The molecule has 6 nitrogen and oxygen atoms in total. The number of fused-ring (bicyclic) bond motifs is 2. The molecule has 2 aliphatic heterocycles. The van der Waals surface area contributed by atoms with Gasteiger partial charge in [-0.05, 0) is 47.1 Å². The van der Waals surface area contributed by atoms with Gasteiger partial charge in [0.1, 0.15) is 5.75 Å². The molecule has 2 heterocycles. The Hall–Kier alpha value is -2.25. The van der Waals surface area contributed by atoms with E-state index in [2.05, 4.69) is 20.8 Å². The third-order valence-electron chi connectivity index (χ3n) is 5.41. The summed E-state index contributed by atoms with van der Waals surface area (Å²) in [4.78, 5) is 15.3. The maximum Gasteiger partial charge on any atom is 0.231 e. The first-order valence-corrected chi connectivity index (χ1v) is 9.89. The normalized spacial score (nSPS) is 17.9. The van der Waals surface area contributed by atoms with Crippen LogP contribution in [0.5, 0.6) is 23.0 Å². The molecule has 0 aromatic heterocycles.